The molecule has 0 spiro atoms. The standard InChI is InChI=1S/C23H34N2O3/c1-16(2)23(27)25-12-6-11-21(25)22(26)24-19-9-5-8-18(14-19)15-28-20-10-4-7-17(3)13-20/h5,8-9,14,16-17,20-21H,4,6-7,10-13,15H2,1-3H3,(H,24,26). The van der Waals surface area contributed by atoms with E-state index in [-0.39, 0.29) is 23.8 Å². The first-order valence-corrected chi connectivity index (χ1v) is 10.8. The molecule has 1 saturated carbocycles. The van der Waals surface area contributed by atoms with Crippen LogP contribution in [-0.4, -0.2) is 35.4 Å². The zero-order valence-electron chi connectivity index (χ0n) is 17.4. The molecule has 2 aliphatic rings. The average molecular weight is 387 g/mol. The van der Waals surface area contributed by atoms with Crippen LogP contribution in [0.5, 0.6) is 0 Å². The Hall–Kier alpha value is -1.88. The highest BCUT2D eigenvalue weighted by Gasteiger charge is 2.34. The van der Waals surface area contributed by atoms with E-state index in [1.807, 2.05) is 38.1 Å². The lowest BCUT2D eigenvalue weighted by Gasteiger charge is -2.27. The number of benzene rings is 1. The van der Waals surface area contributed by atoms with Crippen molar-refractivity contribution in [3.8, 4) is 0 Å². The summed E-state index contributed by atoms with van der Waals surface area (Å²) >= 11 is 0. The van der Waals surface area contributed by atoms with E-state index in [1.165, 1.54) is 12.8 Å². The normalized spacial score (nSPS) is 25.1. The summed E-state index contributed by atoms with van der Waals surface area (Å²) in [5, 5.41) is 3.00. The van der Waals surface area contributed by atoms with Crippen molar-refractivity contribution in [1.82, 2.24) is 4.90 Å². The Kier molecular flexibility index (Phi) is 7.11. The minimum absolute atomic E-state index is 0.0570. The maximum atomic E-state index is 12.8. The number of amides is 2. The molecule has 154 valence electrons. The molecule has 0 bridgehead atoms. The maximum Gasteiger partial charge on any atom is 0.247 e. The van der Waals surface area contributed by atoms with Crippen LogP contribution in [0, 0.1) is 11.8 Å². The lowest BCUT2D eigenvalue weighted by molar-refractivity contribution is -0.139. The molecule has 5 heteroatoms. The molecule has 0 radical (unpaired) electrons. The minimum atomic E-state index is -0.362. The smallest absolute Gasteiger partial charge is 0.247 e. The average Bonchev–Trinajstić information content (AvgIpc) is 3.16. The molecule has 3 rings (SSSR count). The van der Waals surface area contributed by atoms with Crippen molar-refractivity contribution in [1.29, 1.82) is 0 Å². The fourth-order valence-corrected chi connectivity index (χ4v) is 4.34. The highest BCUT2D eigenvalue weighted by Crippen LogP contribution is 2.27. The van der Waals surface area contributed by atoms with Gasteiger partial charge in [-0.1, -0.05) is 45.7 Å². The lowest BCUT2D eigenvalue weighted by atomic mass is 9.89. The summed E-state index contributed by atoms with van der Waals surface area (Å²) in [6, 6.07) is 7.50. The first-order valence-electron chi connectivity index (χ1n) is 10.8. The number of carbonyl (C=O) groups is 2. The van der Waals surface area contributed by atoms with E-state index < -0.39 is 0 Å². The van der Waals surface area contributed by atoms with Crippen LogP contribution < -0.4 is 5.32 Å². The Labute approximate surface area is 168 Å². The number of anilines is 1. The molecule has 5 nitrogen and oxygen atoms in total. The molecular formula is C23H34N2O3. The third-order valence-corrected chi connectivity index (χ3v) is 5.90. The molecule has 28 heavy (non-hydrogen) atoms. The summed E-state index contributed by atoms with van der Waals surface area (Å²) in [5.41, 5.74) is 1.84. The second-order valence-electron chi connectivity index (χ2n) is 8.74. The topological polar surface area (TPSA) is 58.6 Å². The molecule has 1 aliphatic carbocycles. The van der Waals surface area contributed by atoms with Gasteiger partial charge in [-0.05, 0) is 49.3 Å². The number of likely N-dealkylation sites (tertiary alicyclic amines) is 1. The van der Waals surface area contributed by atoms with Crippen LogP contribution in [-0.2, 0) is 20.9 Å². The van der Waals surface area contributed by atoms with E-state index >= 15 is 0 Å². The number of rotatable bonds is 6. The highest BCUT2D eigenvalue weighted by atomic mass is 16.5. The van der Waals surface area contributed by atoms with Gasteiger partial charge in [0.25, 0.3) is 0 Å². The number of nitrogens with one attached hydrogen (secondary N) is 1. The molecule has 0 aromatic heterocycles. The van der Waals surface area contributed by atoms with Crippen molar-refractivity contribution in [3.05, 3.63) is 29.8 Å². The van der Waals surface area contributed by atoms with Crippen LogP contribution in [0.4, 0.5) is 5.69 Å². The van der Waals surface area contributed by atoms with Gasteiger partial charge in [0, 0.05) is 18.2 Å². The van der Waals surface area contributed by atoms with Crippen molar-refractivity contribution in [2.24, 2.45) is 11.8 Å². The molecule has 1 aliphatic heterocycles. The monoisotopic (exact) mass is 386 g/mol. The predicted molar refractivity (Wildman–Crippen MR) is 111 cm³/mol. The first kappa shape index (κ1) is 20.8. The summed E-state index contributed by atoms with van der Waals surface area (Å²) in [5.74, 6) is 0.621. The third kappa shape index (κ3) is 5.34. The minimum Gasteiger partial charge on any atom is -0.374 e. The van der Waals surface area contributed by atoms with Crippen LogP contribution >= 0.6 is 0 Å². The zero-order valence-corrected chi connectivity index (χ0v) is 17.4. The van der Waals surface area contributed by atoms with Crippen LogP contribution in [0.15, 0.2) is 24.3 Å². The molecule has 1 heterocycles. The highest BCUT2D eigenvalue weighted by molar-refractivity contribution is 5.97. The van der Waals surface area contributed by atoms with Crippen LogP contribution in [0.3, 0.4) is 0 Å². The summed E-state index contributed by atoms with van der Waals surface area (Å²) in [6.45, 7) is 7.30. The molecule has 1 aromatic rings. The van der Waals surface area contributed by atoms with Gasteiger partial charge in [-0.2, -0.15) is 0 Å². The van der Waals surface area contributed by atoms with Gasteiger partial charge in [0.1, 0.15) is 6.04 Å². The number of hydrogen-bond acceptors (Lipinski definition) is 3. The molecule has 1 N–H and O–H groups in total. The fraction of sp³-hybridized carbons (Fsp3) is 0.652. The first-order chi connectivity index (χ1) is 13.4. The Bertz CT molecular complexity index is 688. The number of hydrogen-bond donors (Lipinski definition) is 1. The lowest BCUT2D eigenvalue weighted by Crippen LogP contribution is -2.44. The molecule has 2 amide bonds. The Morgan fingerprint density at radius 2 is 2.04 bits per heavy atom. The second kappa shape index (κ2) is 9.55. The van der Waals surface area contributed by atoms with Gasteiger partial charge in [-0.3, -0.25) is 9.59 Å². The number of ether oxygens (including phenoxy) is 1. The summed E-state index contributed by atoms with van der Waals surface area (Å²) in [7, 11) is 0. The molecule has 2 fully saturated rings. The van der Waals surface area contributed by atoms with Gasteiger partial charge in [0.05, 0.1) is 12.7 Å². The number of carbonyl (C=O) groups excluding carboxylic acids is 2. The van der Waals surface area contributed by atoms with Crippen molar-refractivity contribution < 1.29 is 14.3 Å². The predicted octanol–water partition coefficient (Wildman–Crippen LogP) is 4.37. The Balaban J connectivity index is 1.56. The maximum absolute atomic E-state index is 12.8. The van der Waals surface area contributed by atoms with Gasteiger partial charge in [0.2, 0.25) is 11.8 Å². The van der Waals surface area contributed by atoms with Gasteiger partial charge in [-0.15, -0.1) is 0 Å². The Morgan fingerprint density at radius 1 is 1.21 bits per heavy atom. The van der Waals surface area contributed by atoms with Crippen LogP contribution in [0.1, 0.15) is 64.9 Å². The van der Waals surface area contributed by atoms with Gasteiger partial charge >= 0.3 is 0 Å². The third-order valence-electron chi connectivity index (χ3n) is 5.90. The van der Waals surface area contributed by atoms with Crippen LogP contribution in [0.2, 0.25) is 0 Å². The van der Waals surface area contributed by atoms with E-state index in [1.54, 1.807) is 4.90 Å². The Morgan fingerprint density at radius 3 is 2.79 bits per heavy atom. The molecule has 1 saturated heterocycles. The zero-order chi connectivity index (χ0) is 20.1. The molecule has 3 atom stereocenters. The van der Waals surface area contributed by atoms with Crippen molar-refractivity contribution in [2.45, 2.75) is 78.0 Å². The summed E-state index contributed by atoms with van der Waals surface area (Å²) in [4.78, 5) is 26.9. The van der Waals surface area contributed by atoms with Crippen LogP contribution in [0.25, 0.3) is 0 Å². The fourth-order valence-electron chi connectivity index (χ4n) is 4.34. The SMILES string of the molecule is CC1CCCC(OCc2cccc(NC(=O)C3CCCN3C(=O)C(C)C)c2)C1. The molecule has 1 aromatic carbocycles. The molecule has 3 unspecified atom stereocenters. The van der Waals surface area contributed by atoms with Crippen molar-refractivity contribution in [3.63, 3.8) is 0 Å². The van der Waals surface area contributed by atoms with E-state index in [0.29, 0.717) is 19.3 Å². The molecular weight excluding hydrogens is 352 g/mol. The van der Waals surface area contributed by atoms with E-state index in [0.717, 1.165) is 42.9 Å². The van der Waals surface area contributed by atoms with Crippen molar-refractivity contribution in [2.75, 3.05) is 11.9 Å². The van der Waals surface area contributed by atoms with E-state index in [2.05, 4.69) is 12.2 Å². The van der Waals surface area contributed by atoms with Gasteiger partial charge in [-0.25, -0.2) is 0 Å². The number of nitrogens with zero attached hydrogens (tertiary/aromatic N) is 1. The van der Waals surface area contributed by atoms with Crippen molar-refractivity contribution >= 4 is 17.5 Å². The summed E-state index contributed by atoms with van der Waals surface area (Å²) in [6.07, 6.45) is 6.78. The summed E-state index contributed by atoms with van der Waals surface area (Å²) < 4.78 is 6.11. The second-order valence-corrected chi connectivity index (χ2v) is 8.74. The van der Waals surface area contributed by atoms with E-state index in [9.17, 15) is 9.59 Å². The van der Waals surface area contributed by atoms with E-state index in [4.69, 9.17) is 4.74 Å². The quantitative estimate of drug-likeness (QED) is 0.790. The largest absolute Gasteiger partial charge is 0.374 e. The van der Waals surface area contributed by atoms with Gasteiger partial charge < -0.3 is 15.0 Å². The van der Waals surface area contributed by atoms with Gasteiger partial charge in [0.15, 0.2) is 0 Å².